The van der Waals surface area contributed by atoms with Crippen LogP contribution in [0.15, 0.2) is 48.5 Å². The predicted molar refractivity (Wildman–Crippen MR) is 104 cm³/mol. The monoisotopic (exact) mass is 431 g/mol. The van der Waals surface area contributed by atoms with Gasteiger partial charge in [0.1, 0.15) is 0 Å². The molecule has 0 aliphatic carbocycles. The Morgan fingerprint density at radius 2 is 1.64 bits per heavy atom. The van der Waals surface area contributed by atoms with Crippen LogP contribution in [0, 0.1) is 0 Å². The molecule has 2 aromatic carbocycles. The van der Waals surface area contributed by atoms with Crippen molar-refractivity contribution in [2.45, 2.75) is 37.1 Å². The van der Waals surface area contributed by atoms with E-state index in [1.54, 1.807) is 12.1 Å². The first-order valence-corrected chi connectivity index (χ1v) is 11.0. The zero-order valence-corrected chi connectivity index (χ0v) is 16.7. The molecular formula is C20H21ClF3NO2S. The predicted octanol–water partition coefficient (Wildman–Crippen LogP) is 5.46. The molecule has 1 aliphatic rings. The van der Waals surface area contributed by atoms with Crippen molar-refractivity contribution in [3.05, 3.63) is 70.2 Å². The number of benzene rings is 2. The molecule has 0 N–H and O–H groups in total. The lowest BCUT2D eigenvalue weighted by molar-refractivity contribution is -0.137. The van der Waals surface area contributed by atoms with E-state index in [1.807, 2.05) is 12.1 Å². The zero-order chi connectivity index (χ0) is 20.4. The lowest BCUT2D eigenvalue weighted by Crippen LogP contribution is -2.35. The minimum atomic E-state index is -4.44. The molecule has 3 rings (SSSR count). The fraction of sp³-hybridized carbons (Fsp3) is 0.400. The number of hydrogen-bond acceptors (Lipinski definition) is 2. The van der Waals surface area contributed by atoms with Crippen LogP contribution in [-0.4, -0.2) is 25.8 Å². The Balaban J connectivity index is 1.75. The van der Waals surface area contributed by atoms with Crippen LogP contribution in [-0.2, 0) is 22.0 Å². The van der Waals surface area contributed by atoms with Crippen molar-refractivity contribution in [3.8, 4) is 0 Å². The van der Waals surface area contributed by atoms with E-state index in [0.29, 0.717) is 23.7 Å². The van der Waals surface area contributed by atoms with Gasteiger partial charge in [-0.1, -0.05) is 42.3 Å². The lowest BCUT2D eigenvalue weighted by atomic mass is 9.95. The first-order chi connectivity index (χ1) is 13.1. The number of alkyl halides is 3. The zero-order valence-electron chi connectivity index (χ0n) is 15.1. The first kappa shape index (κ1) is 21.1. The molecule has 1 unspecified atom stereocenters. The molecule has 1 aliphatic heterocycles. The molecule has 0 aromatic heterocycles. The Hall–Kier alpha value is -1.57. The molecule has 0 saturated carbocycles. The van der Waals surface area contributed by atoms with Gasteiger partial charge in [-0.05, 0) is 54.2 Å². The molecule has 2 aromatic rings. The number of halogens is 4. The maximum absolute atomic E-state index is 12.9. The Bertz CT molecular complexity index is 897. The molecule has 1 atom stereocenters. The highest BCUT2D eigenvalue weighted by atomic mass is 35.5. The minimum absolute atomic E-state index is 0.0714. The summed E-state index contributed by atoms with van der Waals surface area (Å²) in [4.78, 5) is 0. The van der Waals surface area contributed by atoms with Gasteiger partial charge >= 0.3 is 6.18 Å². The molecule has 1 saturated heterocycles. The summed E-state index contributed by atoms with van der Waals surface area (Å²) in [6, 6.07) is 11.7. The third-order valence-electron chi connectivity index (χ3n) is 5.00. The Kier molecular flexibility index (Phi) is 6.37. The van der Waals surface area contributed by atoms with Crippen molar-refractivity contribution in [2.24, 2.45) is 0 Å². The van der Waals surface area contributed by atoms with Gasteiger partial charge < -0.3 is 0 Å². The summed E-state index contributed by atoms with van der Waals surface area (Å²) >= 11 is 5.94. The van der Waals surface area contributed by atoms with Gasteiger partial charge in [-0.3, -0.25) is 0 Å². The van der Waals surface area contributed by atoms with Crippen LogP contribution in [0.1, 0.15) is 41.9 Å². The molecule has 1 heterocycles. The Morgan fingerprint density at radius 1 is 1.00 bits per heavy atom. The summed E-state index contributed by atoms with van der Waals surface area (Å²) in [5.74, 6) is -0.236. The molecule has 0 amide bonds. The highest BCUT2D eigenvalue weighted by Gasteiger charge is 2.31. The van der Waals surface area contributed by atoms with E-state index in [9.17, 15) is 21.6 Å². The quantitative estimate of drug-likeness (QED) is 0.644. The average molecular weight is 432 g/mol. The third-order valence-corrected chi connectivity index (χ3v) is 7.07. The van der Waals surface area contributed by atoms with Crippen LogP contribution in [0.2, 0.25) is 5.02 Å². The largest absolute Gasteiger partial charge is 0.416 e. The SMILES string of the molecule is O=S(=O)(Cc1ccc(C(F)(F)F)cc1)N1CCCCC(c2ccc(Cl)cc2)C1. The number of nitrogens with zero attached hydrogens (tertiary/aromatic N) is 1. The second-order valence-electron chi connectivity index (χ2n) is 7.05. The summed E-state index contributed by atoms with van der Waals surface area (Å²) < 4.78 is 65.3. The molecule has 152 valence electrons. The van der Waals surface area contributed by atoms with E-state index in [-0.39, 0.29) is 11.7 Å². The second-order valence-corrected chi connectivity index (χ2v) is 9.46. The minimum Gasteiger partial charge on any atom is -0.212 e. The molecule has 0 spiro atoms. The summed E-state index contributed by atoms with van der Waals surface area (Å²) in [7, 11) is -3.63. The van der Waals surface area contributed by atoms with Crippen LogP contribution in [0.3, 0.4) is 0 Å². The highest BCUT2D eigenvalue weighted by molar-refractivity contribution is 7.88. The van der Waals surface area contributed by atoms with Crippen molar-refractivity contribution in [2.75, 3.05) is 13.1 Å². The van der Waals surface area contributed by atoms with Gasteiger partial charge in [0.25, 0.3) is 0 Å². The van der Waals surface area contributed by atoms with Crippen LogP contribution in [0.5, 0.6) is 0 Å². The van der Waals surface area contributed by atoms with Gasteiger partial charge in [0.05, 0.1) is 11.3 Å². The van der Waals surface area contributed by atoms with Crippen molar-refractivity contribution >= 4 is 21.6 Å². The maximum atomic E-state index is 12.9. The van der Waals surface area contributed by atoms with Crippen LogP contribution >= 0.6 is 11.6 Å². The fourth-order valence-electron chi connectivity index (χ4n) is 3.46. The second kappa shape index (κ2) is 8.43. The molecule has 28 heavy (non-hydrogen) atoms. The number of sulfonamides is 1. The highest BCUT2D eigenvalue weighted by Crippen LogP contribution is 2.31. The lowest BCUT2D eigenvalue weighted by Gasteiger charge is -2.24. The summed E-state index contributed by atoms with van der Waals surface area (Å²) in [5, 5.41) is 0.629. The molecule has 1 fully saturated rings. The van der Waals surface area contributed by atoms with Crippen LogP contribution < -0.4 is 0 Å². The number of rotatable bonds is 4. The standard InChI is InChI=1S/C20H21ClF3NO2S/c21-19-10-6-16(7-11-19)17-3-1-2-12-25(13-17)28(26,27)14-15-4-8-18(9-5-15)20(22,23)24/h4-11,17H,1-3,12-14H2. The van der Waals surface area contributed by atoms with Crippen molar-refractivity contribution in [3.63, 3.8) is 0 Å². The van der Waals surface area contributed by atoms with E-state index in [0.717, 1.165) is 37.0 Å². The Labute approximate surface area is 168 Å². The maximum Gasteiger partial charge on any atom is 0.416 e. The summed E-state index contributed by atoms with van der Waals surface area (Å²) in [6.45, 7) is 0.789. The van der Waals surface area contributed by atoms with Gasteiger partial charge in [-0.25, -0.2) is 12.7 Å². The first-order valence-electron chi connectivity index (χ1n) is 9.04. The van der Waals surface area contributed by atoms with Gasteiger partial charge in [0, 0.05) is 18.1 Å². The average Bonchev–Trinajstić information content (AvgIpc) is 2.89. The van der Waals surface area contributed by atoms with E-state index in [4.69, 9.17) is 11.6 Å². The van der Waals surface area contributed by atoms with E-state index in [1.165, 1.54) is 16.4 Å². The topological polar surface area (TPSA) is 37.4 Å². The van der Waals surface area contributed by atoms with E-state index >= 15 is 0 Å². The smallest absolute Gasteiger partial charge is 0.212 e. The van der Waals surface area contributed by atoms with Gasteiger partial charge in [-0.15, -0.1) is 0 Å². The molecule has 0 bridgehead atoms. The van der Waals surface area contributed by atoms with Crippen LogP contribution in [0.4, 0.5) is 13.2 Å². The fourth-order valence-corrected chi connectivity index (χ4v) is 5.20. The van der Waals surface area contributed by atoms with Crippen molar-refractivity contribution < 1.29 is 21.6 Å². The third kappa shape index (κ3) is 5.27. The van der Waals surface area contributed by atoms with Crippen molar-refractivity contribution in [1.29, 1.82) is 0 Å². The van der Waals surface area contributed by atoms with Gasteiger partial charge in [0.2, 0.25) is 10.0 Å². The Morgan fingerprint density at radius 3 is 2.25 bits per heavy atom. The molecular weight excluding hydrogens is 411 g/mol. The van der Waals surface area contributed by atoms with Crippen LogP contribution in [0.25, 0.3) is 0 Å². The van der Waals surface area contributed by atoms with Gasteiger partial charge in [-0.2, -0.15) is 13.2 Å². The molecule has 8 heteroatoms. The van der Waals surface area contributed by atoms with E-state index in [2.05, 4.69) is 0 Å². The summed E-state index contributed by atoms with van der Waals surface area (Å²) in [5.41, 5.74) is 0.604. The normalized spacial score (nSPS) is 19.4. The van der Waals surface area contributed by atoms with Crippen molar-refractivity contribution in [1.82, 2.24) is 4.31 Å². The van der Waals surface area contributed by atoms with E-state index < -0.39 is 21.8 Å². The van der Waals surface area contributed by atoms with Gasteiger partial charge in [0.15, 0.2) is 0 Å². The molecule has 3 nitrogen and oxygen atoms in total. The summed E-state index contributed by atoms with van der Waals surface area (Å²) in [6.07, 6.45) is -1.88. The number of hydrogen-bond donors (Lipinski definition) is 0. The molecule has 0 radical (unpaired) electrons.